The Balaban J connectivity index is 1.62. The van der Waals surface area contributed by atoms with Crippen LogP contribution in [-0.2, 0) is 0 Å². The minimum Gasteiger partial charge on any atom is -0.251 e. The summed E-state index contributed by atoms with van der Waals surface area (Å²) in [5.41, 5.74) is 1.28. The van der Waals surface area contributed by atoms with E-state index in [0.717, 1.165) is 41.4 Å². The highest BCUT2D eigenvalue weighted by molar-refractivity contribution is 5.30. The van der Waals surface area contributed by atoms with E-state index in [1.807, 2.05) is 0 Å². The van der Waals surface area contributed by atoms with Crippen molar-refractivity contribution in [3.63, 3.8) is 0 Å². The van der Waals surface area contributed by atoms with Crippen LogP contribution < -0.4 is 0 Å². The van der Waals surface area contributed by atoms with Gasteiger partial charge in [0.2, 0.25) is 0 Å². The van der Waals surface area contributed by atoms with Crippen molar-refractivity contribution >= 4 is 0 Å². The van der Waals surface area contributed by atoms with E-state index in [1.54, 1.807) is 6.42 Å². The Morgan fingerprint density at radius 2 is 2.00 bits per heavy atom. The second-order valence-corrected chi connectivity index (χ2v) is 7.36. The maximum Gasteiger partial charge on any atom is 0.0899 e. The Bertz CT molecular complexity index is 347. The van der Waals surface area contributed by atoms with Crippen molar-refractivity contribution in [1.29, 1.82) is 0 Å². The van der Waals surface area contributed by atoms with Gasteiger partial charge in [-0.05, 0) is 78.9 Å². The summed E-state index contributed by atoms with van der Waals surface area (Å²) in [4.78, 5) is 0. The molecule has 0 nitrogen and oxygen atoms in total. The summed E-state index contributed by atoms with van der Waals surface area (Å²) in [5.74, 6) is 5.44. The number of halogens is 1. The fourth-order valence-corrected chi connectivity index (χ4v) is 7.06. The van der Waals surface area contributed by atoms with Gasteiger partial charge in [0.1, 0.15) is 0 Å². The fraction of sp³-hybridized carbons (Fsp3) is 1.00. The fourth-order valence-electron chi connectivity index (χ4n) is 7.06. The third kappa shape index (κ3) is 0.634. The van der Waals surface area contributed by atoms with Gasteiger partial charge in [-0.3, -0.25) is 4.39 Å². The van der Waals surface area contributed by atoms with E-state index in [9.17, 15) is 4.39 Å². The molecule has 5 aliphatic carbocycles. The van der Waals surface area contributed by atoms with Crippen LogP contribution in [0.4, 0.5) is 4.39 Å². The zero-order valence-corrected chi connectivity index (χ0v) is 9.21. The van der Waals surface area contributed by atoms with Crippen molar-refractivity contribution in [3.8, 4) is 0 Å². The molecule has 0 aromatic heterocycles. The van der Waals surface area contributed by atoms with Crippen molar-refractivity contribution in [2.24, 2.45) is 40.4 Å². The molecular weight excluding hydrogens is 187 g/mol. The summed E-state index contributed by atoms with van der Waals surface area (Å²) in [6.07, 6.45) is 8.25. The van der Waals surface area contributed by atoms with E-state index in [0.29, 0.717) is 5.41 Å². The van der Waals surface area contributed by atoms with E-state index in [4.69, 9.17) is 0 Å². The molecule has 0 aliphatic heterocycles. The molecule has 15 heavy (non-hydrogen) atoms. The molecule has 0 N–H and O–H groups in total. The highest BCUT2D eigenvalue weighted by Crippen LogP contribution is 2.88. The SMILES string of the molecule is FCC[C@]12CC3C4CC5CC(C1)C5(C2)C43. The predicted molar refractivity (Wildman–Crippen MR) is 56.0 cm³/mol. The molecule has 7 atom stereocenters. The lowest BCUT2D eigenvalue weighted by Crippen LogP contribution is -2.46. The van der Waals surface area contributed by atoms with E-state index in [2.05, 4.69) is 0 Å². The number of fused-ring (bicyclic) bond motifs is 2. The molecule has 5 rings (SSSR count). The summed E-state index contributed by atoms with van der Waals surface area (Å²) in [6.45, 7) is -0.0600. The summed E-state index contributed by atoms with van der Waals surface area (Å²) in [5, 5.41) is 0. The van der Waals surface area contributed by atoms with Crippen molar-refractivity contribution < 1.29 is 4.39 Å². The Morgan fingerprint density at radius 3 is 2.87 bits per heavy atom. The van der Waals surface area contributed by atoms with Crippen LogP contribution in [0.1, 0.15) is 38.5 Å². The lowest BCUT2D eigenvalue weighted by Gasteiger charge is -2.53. The summed E-state index contributed by atoms with van der Waals surface area (Å²) in [7, 11) is 0. The summed E-state index contributed by atoms with van der Waals surface area (Å²) >= 11 is 0. The molecule has 5 fully saturated rings. The van der Waals surface area contributed by atoms with Crippen LogP contribution in [0.15, 0.2) is 0 Å². The second-order valence-electron chi connectivity index (χ2n) is 7.36. The molecular formula is C14H19F. The standard InChI is InChI=1S/C14H19F/c15-2-1-13-5-9-3-8-4-10-11(6-13)12(10)14(8,9)7-13/h8-12H,1-7H2/t8?,9?,10?,11?,12?,13-,14?/m1/s1. The number of hydrogen-bond donors (Lipinski definition) is 0. The molecule has 2 bridgehead atoms. The van der Waals surface area contributed by atoms with Gasteiger partial charge in [0, 0.05) is 0 Å². The van der Waals surface area contributed by atoms with Crippen LogP contribution in [0.3, 0.4) is 0 Å². The Morgan fingerprint density at radius 1 is 1.07 bits per heavy atom. The predicted octanol–water partition coefficient (Wildman–Crippen LogP) is 3.42. The van der Waals surface area contributed by atoms with E-state index < -0.39 is 0 Å². The van der Waals surface area contributed by atoms with Crippen LogP contribution in [0.2, 0.25) is 0 Å². The smallest absolute Gasteiger partial charge is 0.0899 e. The van der Waals surface area contributed by atoms with E-state index in [1.165, 1.54) is 25.7 Å². The molecule has 0 aromatic carbocycles. The Labute approximate surface area is 90.6 Å². The van der Waals surface area contributed by atoms with Gasteiger partial charge in [-0.2, -0.15) is 0 Å². The van der Waals surface area contributed by atoms with Crippen LogP contribution in [-0.4, -0.2) is 6.67 Å². The molecule has 0 heterocycles. The average Bonchev–Trinajstić information content (AvgIpc) is 2.74. The molecule has 0 amide bonds. The van der Waals surface area contributed by atoms with Gasteiger partial charge in [0.15, 0.2) is 0 Å². The maximum absolute atomic E-state index is 12.7. The van der Waals surface area contributed by atoms with Gasteiger partial charge >= 0.3 is 0 Å². The van der Waals surface area contributed by atoms with Gasteiger partial charge < -0.3 is 0 Å². The second kappa shape index (κ2) is 2.02. The molecule has 82 valence electrons. The number of alkyl halides is 1. The van der Waals surface area contributed by atoms with Crippen LogP contribution in [0, 0.1) is 40.4 Å². The summed E-state index contributed by atoms with van der Waals surface area (Å²) < 4.78 is 12.7. The summed E-state index contributed by atoms with van der Waals surface area (Å²) in [6, 6.07) is 0. The quantitative estimate of drug-likeness (QED) is 0.649. The van der Waals surface area contributed by atoms with Crippen LogP contribution in [0.25, 0.3) is 0 Å². The lowest BCUT2D eigenvalue weighted by molar-refractivity contribution is -0.0471. The molecule has 1 spiro atoms. The maximum atomic E-state index is 12.7. The Kier molecular flexibility index (Phi) is 1.09. The minimum absolute atomic E-state index is 0.0600. The van der Waals surface area contributed by atoms with Crippen molar-refractivity contribution in [2.75, 3.05) is 6.67 Å². The van der Waals surface area contributed by atoms with Gasteiger partial charge in [0.25, 0.3) is 0 Å². The van der Waals surface area contributed by atoms with Gasteiger partial charge in [0.05, 0.1) is 6.67 Å². The van der Waals surface area contributed by atoms with Crippen molar-refractivity contribution in [3.05, 3.63) is 0 Å². The first-order valence-electron chi connectivity index (χ1n) is 6.85. The highest BCUT2D eigenvalue weighted by Gasteiger charge is 2.82. The molecule has 5 aliphatic rings. The largest absolute Gasteiger partial charge is 0.251 e. The van der Waals surface area contributed by atoms with Crippen molar-refractivity contribution in [2.45, 2.75) is 38.5 Å². The molecule has 0 saturated heterocycles. The highest BCUT2D eigenvalue weighted by atomic mass is 19.1. The topological polar surface area (TPSA) is 0 Å². The minimum atomic E-state index is -0.0600. The Hall–Kier alpha value is -0.0700. The van der Waals surface area contributed by atoms with Gasteiger partial charge in [-0.1, -0.05) is 0 Å². The first kappa shape index (κ1) is 8.08. The number of rotatable bonds is 2. The molecule has 6 unspecified atom stereocenters. The third-order valence-electron chi connectivity index (χ3n) is 7.25. The monoisotopic (exact) mass is 206 g/mol. The van der Waals surface area contributed by atoms with Crippen molar-refractivity contribution in [1.82, 2.24) is 0 Å². The normalized spacial score (nSPS) is 71.4. The van der Waals surface area contributed by atoms with Crippen LogP contribution >= 0.6 is 0 Å². The molecule has 5 saturated carbocycles. The number of hydrogen-bond acceptors (Lipinski definition) is 0. The molecule has 0 aromatic rings. The third-order valence-corrected chi connectivity index (χ3v) is 7.25. The van der Waals surface area contributed by atoms with E-state index >= 15 is 0 Å². The zero-order chi connectivity index (χ0) is 9.84. The average molecular weight is 206 g/mol. The van der Waals surface area contributed by atoms with E-state index in [-0.39, 0.29) is 6.67 Å². The molecule has 0 radical (unpaired) electrons. The lowest BCUT2D eigenvalue weighted by atomic mass is 9.51. The van der Waals surface area contributed by atoms with Gasteiger partial charge in [-0.25, -0.2) is 0 Å². The molecule has 1 heteroatoms. The first-order chi connectivity index (χ1) is 7.29. The van der Waals surface area contributed by atoms with Crippen LogP contribution in [0.5, 0.6) is 0 Å². The zero-order valence-electron chi connectivity index (χ0n) is 9.21. The van der Waals surface area contributed by atoms with Gasteiger partial charge in [-0.15, -0.1) is 0 Å². The first-order valence-corrected chi connectivity index (χ1v) is 6.85.